The van der Waals surface area contributed by atoms with Gasteiger partial charge >= 0.3 is 6.09 Å². The van der Waals surface area contributed by atoms with Crippen LogP contribution in [0.25, 0.3) is 0 Å². The molecule has 0 bridgehead atoms. The number of rotatable bonds is 8. The van der Waals surface area contributed by atoms with E-state index in [0.29, 0.717) is 17.9 Å². The van der Waals surface area contributed by atoms with E-state index in [0.717, 1.165) is 35.3 Å². The summed E-state index contributed by atoms with van der Waals surface area (Å²) in [5.74, 6) is -1.10. The van der Waals surface area contributed by atoms with Gasteiger partial charge in [-0.1, -0.05) is 49.5 Å². The molecule has 1 aliphatic carbocycles. The van der Waals surface area contributed by atoms with E-state index in [9.17, 15) is 24.3 Å². The van der Waals surface area contributed by atoms with E-state index in [-0.39, 0.29) is 24.3 Å². The van der Waals surface area contributed by atoms with Gasteiger partial charge in [0.1, 0.15) is 18.1 Å². The number of aryl methyl sites for hydroxylation is 1. The topological polar surface area (TPSA) is 145 Å². The van der Waals surface area contributed by atoms with Gasteiger partial charge in [0.2, 0.25) is 17.7 Å². The van der Waals surface area contributed by atoms with Crippen molar-refractivity contribution in [1.82, 2.24) is 20.4 Å². The minimum absolute atomic E-state index is 0.104. The Balaban J connectivity index is 1.58. The molecular formula is C30H41N5O5Si. The lowest BCUT2D eigenvalue weighted by atomic mass is 9.87. The van der Waals surface area contributed by atoms with Crippen LogP contribution in [0.15, 0.2) is 48.5 Å². The van der Waals surface area contributed by atoms with Gasteiger partial charge in [-0.05, 0) is 61.1 Å². The van der Waals surface area contributed by atoms with Crippen molar-refractivity contribution in [3.05, 3.63) is 65.2 Å². The summed E-state index contributed by atoms with van der Waals surface area (Å²) in [5, 5.41) is 15.4. The van der Waals surface area contributed by atoms with Crippen LogP contribution in [-0.2, 0) is 27.2 Å². The third-order valence-electron chi connectivity index (χ3n) is 8.29. The summed E-state index contributed by atoms with van der Waals surface area (Å²) < 4.78 is 0. The molecule has 1 heterocycles. The lowest BCUT2D eigenvalue weighted by molar-refractivity contribution is -0.141. The van der Waals surface area contributed by atoms with Crippen LogP contribution in [0, 0.1) is 0 Å². The molecule has 2 aromatic carbocycles. The molecule has 5 N–H and O–H groups in total. The van der Waals surface area contributed by atoms with Crippen molar-refractivity contribution in [2.24, 2.45) is 0 Å². The van der Waals surface area contributed by atoms with E-state index in [4.69, 9.17) is 5.73 Å². The molecule has 1 aliphatic heterocycles. The molecule has 1 saturated heterocycles. The molecule has 4 amide bonds. The lowest BCUT2D eigenvalue weighted by Gasteiger charge is -2.32. The number of hydrogen-bond acceptors (Lipinski definition) is 5. The maximum atomic E-state index is 14.2. The normalized spacial score (nSPS) is 20.8. The predicted octanol–water partition coefficient (Wildman–Crippen LogP) is 2.95. The number of fused-ring (bicyclic) bond motifs is 1. The van der Waals surface area contributed by atoms with E-state index in [1.807, 2.05) is 12.1 Å². The van der Waals surface area contributed by atoms with Gasteiger partial charge < -0.3 is 26.4 Å². The lowest BCUT2D eigenvalue weighted by Crippen LogP contribution is -2.57. The number of hydrogen-bond donors (Lipinski definition) is 4. The zero-order valence-corrected chi connectivity index (χ0v) is 25.2. The molecule has 1 fully saturated rings. The number of carbonyl (C=O) groups is 4. The Morgan fingerprint density at radius 2 is 1.80 bits per heavy atom. The SMILES string of the molecule is CC(C(=O)NC(Cc1ccc(N)cc1)C(=O)N1C[Si](C)(C)CC1C(=O)N[C@@H]1CCCc2ccccc21)N(C)C(=O)O. The number of nitrogen functional groups attached to an aromatic ring is 1. The van der Waals surface area contributed by atoms with Crippen molar-refractivity contribution in [3.63, 3.8) is 0 Å². The molecule has 11 heteroatoms. The molecule has 0 spiro atoms. The van der Waals surface area contributed by atoms with Gasteiger partial charge in [0.15, 0.2) is 0 Å². The number of nitrogens with one attached hydrogen (secondary N) is 2. The predicted molar refractivity (Wildman–Crippen MR) is 160 cm³/mol. The van der Waals surface area contributed by atoms with Crippen molar-refractivity contribution in [1.29, 1.82) is 0 Å². The molecule has 4 rings (SSSR count). The van der Waals surface area contributed by atoms with Crippen molar-refractivity contribution in [2.45, 2.75) is 75.9 Å². The summed E-state index contributed by atoms with van der Waals surface area (Å²) >= 11 is 0. The second-order valence-electron chi connectivity index (χ2n) is 12.1. The van der Waals surface area contributed by atoms with Crippen molar-refractivity contribution in [2.75, 3.05) is 18.9 Å². The Bertz CT molecular complexity index is 1300. The molecular weight excluding hydrogens is 538 g/mol. The maximum Gasteiger partial charge on any atom is 0.407 e. The van der Waals surface area contributed by atoms with Crippen LogP contribution in [0.1, 0.15) is 42.5 Å². The van der Waals surface area contributed by atoms with Crippen LogP contribution in [0.5, 0.6) is 0 Å². The summed E-state index contributed by atoms with van der Waals surface area (Å²) in [6, 6.07) is 13.1. The number of carbonyl (C=O) groups excluding carboxylic acids is 3. The first kappa shape index (κ1) is 30.1. The highest BCUT2D eigenvalue weighted by molar-refractivity contribution is 6.79. The summed E-state index contributed by atoms with van der Waals surface area (Å²) in [5.41, 5.74) is 9.57. The molecule has 220 valence electrons. The van der Waals surface area contributed by atoms with Crippen LogP contribution in [-0.4, -0.2) is 78.1 Å². The molecule has 0 aromatic heterocycles. The summed E-state index contributed by atoms with van der Waals surface area (Å²) in [6.07, 6.45) is 2.23. The van der Waals surface area contributed by atoms with Gasteiger partial charge in [-0.2, -0.15) is 0 Å². The fourth-order valence-electron chi connectivity index (χ4n) is 5.83. The van der Waals surface area contributed by atoms with Crippen LogP contribution >= 0.6 is 0 Å². The molecule has 0 saturated carbocycles. The Morgan fingerprint density at radius 1 is 1.12 bits per heavy atom. The van der Waals surface area contributed by atoms with Gasteiger partial charge in [-0.25, -0.2) is 4.79 Å². The molecule has 4 atom stereocenters. The summed E-state index contributed by atoms with van der Waals surface area (Å²) in [6.45, 7) is 5.79. The summed E-state index contributed by atoms with van der Waals surface area (Å²) in [7, 11) is -0.633. The molecule has 3 unspecified atom stereocenters. The number of nitrogens with two attached hydrogens (primary N) is 1. The highest BCUT2D eigenvalue weighted by Gasteiger charge is 2.47. The zero-order valence-electron chi connectivity index (χ0n) is 24.2. The monoisotopic (exact) mass is 579 g/mol. The van der Waals surface area contributed by atoms with E-state index >= 15 is 0 Å². The van der Waals surface area contributed by atoms with Crippen LogP contribution in [0.3, 0.4) is 0 Å². The number of likely N-dealkylation sites (N-methyl/N-ethyl adjacent to an activating group) is 1. The third kappa shape index (κ3) is 7.08. The minimum Gasteiger partial charge on any atom is -0.465 e. The maximum absolute atomic E-state index is 14.2. The standard InChI is InChI=1S/C30H41N5O5Si/c1-19(34(2)30(39)40)27(36)33-25(16-20-12-14-22(31)15-13-20)29(38)35-18-41(3,4)17-26(35)28(37)32-24-11-7-9-21-8-5-6-10-23(21)24/h5-6,8,10,12-15,19,24-26H,7,9,11,16-18,31H2,1-4H3,(H,32,37)(H,33,36)(H,39,40)/t19?,24-,25?,26?/m1/s1. The largest absolute Gasteiger partial charge is 0.465 e. The fraction of sp³-hybridized carbons (Fsp3) is 0.467. The highest BCUT2D eigenvalue weighted by atomic mass is 28.3. The molecule has 2 aromatic rings. The van der Waals surface area contributed by atoms with E-state index in [2.05, 4.69) is 35.9 Å². The zero-order chi connectivity index (χ0) is 29.9. The molecule has 41 heavy (non-hydrogen) atoms. The van der Waals surface area contributed by atoms with E-state index in [1.54, 1.807) is 29.2 Å². The first-order valence-corrected chi connectivity index (χ1v) is 17.6. The summed E-state index contributed by atoms with van der Waals surface area (Å²) in [4.78, 5) is 55.0. The van der Waals surface area contributed by atoms with Gasteiger partial charge in [-0.15, -0.1) is 0 Å². The van der Waals surface area contributed by atoms with Gasteiger partial charge in [0.05, 0.1) is 14.1 Å². The number of nitrogens with zero attached hydrogens (tertiary/aromatic N) is 2. The number of amides is 4. The number of carboxylic acid groups (broad SMARTS) is 1. The smallest absolute Gasteiger partial charge is 0.407 e. The second kappa shape index (κ2) is 12.3. The molecule has 2 aliphatic rings. The number of anilines is 1. The average molecular weight is 580 g/mol. The minimum atomic E-state index is -1.94. The van der Waals surface area contributed by atoms with Crippen molar-refractivity contribution >= 4 is 37.6 Å². The first-order valence-electron chi connectivity index (χ1n) is 14.2. The third-order valence-corrected chi connectivity index (χ3v) is 11.0. The first-order chi connectivity index (χ1) is 19.4. The quantitative estimate of drug-likeness (QED) is 0.280. The Morgan fingerprint density at radius 3 is 2.49 bits per heavy atom. The van der Waals surface area contributed by atoms with E-state index in [1.165, 1.54) is 19.5 Å². The number of benzene rings is 2. The van der Waals surface area contributed by atoms with Gasteiger partial charge in [0, 0.05) is 25.3 Å². The highest BCUT2D eigenvalue weighted by Crippen LogP contribution is 2.32. The van der Waals surface area contributed by atoms with Crippen molar-refractivity contribution in [3.8, 4) is 0 Å². The van der Waals surface area contributed by atoms with Crippen LogP contribution < -0.4 is 16.4 Å². The van der Waals surface area contributed by atoms with Crippen LogP contribution in [0.2, 0.25) is 19.1 Å². The van der Waals surface area contributed by atoms with Gasteiger partial charge in [-0.3, -0.25) is 19.3 Å². The molecule has 10 nitrogen and oxygen atoms in total. The van der Waals surface area contributed by atoms with E-state index < -0.39 is 38.2 Å². The Kier molecular flexibility index (Phi) is 9.06. The van der Waals surface area contributed by atoms with Crippen molar-refractivity contribution < 1.29 is 24.3 Å². The molecule has 0 radical (unpaired) electrons. The van der Waals surface area contributed by atoms with Crippen LogP contribution in [0.4, 0.5) is 10.5 Å². The Hall–Kier alpha value is -3.86. The fourth-order valence-corrected chi connectivity index (χ4v) is 8.71. The van der Waals surface area contributed by atoms with Gasteiger partial charge in [0.25, 0.3) is 0 Å². The second-order valence-corrected chi connectivity index (χ2v) is 17.1. The average Bonchev–Trinajstić information content (AvgIpc) is 3.28. The Labute approximate surface area is 242 Å².